The molecule has 0 unspecified atom stereocenters. The minimum Gasteiger partial charge on any atom is -0.507 e. The summed E-state index contributed by atoms with van der Waals surface area (Å²) in [5.74, 6) is 1.57. The van der Waals surface area contributed by atoms with Crippen LogP contribution in [0.25, 0.3) is 22.4 Å². The molecular weight excluding hydrogens is 436 g/mol. The third-order valence-corrected chi connectivity index (χ3v) is 6.09. The van der Waals surface area contributed by atoms with Crippen molar-refractivity contribution in [3.63, 3.8) is 0 Å². The van der Waals surface area contributed by atoms with E-state index in [-0.39, 0.29) is 16.9 Å². The van der Waals surface area contributed by atoms with Crippen LogP contribution < -0.4 is 4.74 Å². The number of imidazole rings is 1. The number of phenols is 1. The quantitative estimate of drug-likeness (QED) is 0.208. The third-order valence-electron chi connectivity index (χ3n) is 6.09. The summed E-state index contributed by atoms with van der Waals surface area (Å²) < 4.78 is 8.25. The van der Waals surface area contributed by atoms with Crippen LogP contribution in [0.4, 0.5) is 0 Å². The average molecular weight is 471 g/mol. The zero-order chi connectivity index (χ0) is 25.0. The fraction of sp³-hybridized carbons (Fsp3) is 0.333. The molecule has 0 aliphatic heterocycles. The molecule has 1 N–H and O–H groups in total. The normalized spacial score (nSPS) is 11.7. The van der Waals surface area contributed by atoms with E-state index < -0.39 is 0 Å². The molecular formula is C30H34N2O3. The maximum Gasteiger partial charge on any atom is 0.167 e. The number of carbonyl (C=O) groups is 1. The molecule has 0 saturated carbocycles. The molecule has 0 spiro atoms. The number of unbranched alkanes of at least 4 members (excludes halogenated alkanes) is 1. The van der Waals surface area contributed by atoms with Gasteiger partial charge in [-0.3, -0.25) is 4.79 Å². The van der Waals surface area contributed by atoms with Crippen molar-refractivity contribution in [2.75, 3.05) is 6.61 Å². The lowest BCUT2D eigenvalue weighted by Crippen LogP contribution is -2.13. The number of Topliss-reactive ketones (excluding diaryl/α,β-unsaturated/α-hetero) is 1. The first-order valence-electron chi connectivity index (χ1n) is 12.2. The first-order chi connectivity index (χ1) is 16.7. The van der Waals surface area contributed by atoms with Gasteiger partial charge in [0.2, 0.25) is 0 Å². The molecule has 0 fully saturated rings. The highest BCUT2D eigenvalue weighted by molar-refractivity contribution is 5.99. The van der Waals surface area contributed by atoms with Crippen molar-refractivity contribution in [2.24, 2.45) is 5.41 Å². The molecule has 0 atom stereocenters. The molecule has 0 bridgehead atoms. The van der Waals surface area contributed by atoms with Gasteiger partial charge >= 0.3 is 0 Å². The lowest BCUT2D eigenvalue weighted by molar-refractivity contribution is 0.0937. The summed E-state index contributed by atoms with van der Waals surface area (Å²) in [6, 6.07) is 22.0. The Hall–Kier alpha value is -3.60. The lowest BCUT2D eigenvalue weighted by Gasteiger charge is -2.18. The van der Waals surface area contributed by atoms with E-state index in [0.29, 0.717) is 29.9 Å². The molecule has 182 valence electrons. The number of fused-ring (bicyclic) bond motifs is 1. The first kappa shape index (κ1) is 24.5. The van der Waals surface area contributed by atoms with Gasteiger partial charge in [-0.1, -0.05) is 63.2 Å². The van der Waals surface area contributed by atoms with E-state index in [1.165, 1.54) is 0 Å². The van der Waals surface area contributed by atoms with E-state index in [9.17, 15) is 9.90 Å². The van der Waals surface area contributed by atoms with E-state index in [4.69, 9.17) is 9.72 Å². The number of para-hydroxylation sites is 2. The Morgan fingerprint density at radius 2 is 1.69 bits per heavy atom. The summed E-state index contributed by atoms with van der Waals surface area (Å²) in [6.07, 6.45) is 2.16. The van der Waals surface area contributed by atoms with Crippen molar-refractivity contribution in [3.05, 3.63) is 77.9 Å². The van der Waals surface area contributed by atoms with Gasteiger partial charge in [0.15, 0.2) is 5.78 Å². The Labute approximate surface area is 207 Å². The van der Waals surface area contributed by atoms with Crippen LogP contribution in [0.2, 0.25) is 0 Å². The number of phenolic OH excluding ortho intramolecular Hbond substituents is 1. The standard InChI is InChI=1S/C30H34N2O3/c1-21-27(17-16-23(28(21)34)26(33)20-30(2,3)4)35-19-11-10-18-32-25-15-9-8-14-24(25)31-29(32)22-12-6-5-7-13-22/h5-9,12-17,34H,10-11,18-20H2,1-4H3. The fourth-order valence-corrected chi connectivity index (χ4v) is 4.30. The summed E-state index contributed by atoms with van der Waals surface area (Å²) in [6.45, 7) is 9.20. The predicted octanol–water partition coefficient (Wildman–Crippen LogP) is 7.20. The molecule has 5 nitrogen and oxygen atoms in total. The van der Waals surface area contributed by atoms with Crippen LogP contribution in [0.1, 0.15) is 56.0 Å². The Kier molecular flexibility index (Phi) is 7.25. The van der Waals surface area contributed by atoms with Crippen molar-refractivity contribution in [2.45, 2.75) is 53.5 Å². The summed E-state index contributed by atoms with van der Waals surface area (Å²) in [5.41, 5.74) is 4.07. The second-order valence-electron chi connectivity index (χ2n) is 10.2. The van der Waals surface area contributed by atoms with Gasteiger partial charge in [0.25, 0.3) is 0 Å². The predicted molar refractivity (Wildman–Crippen MR) is 141 cm³/mol. The molecule has 3 aromatic carbocycles. The Morgan fingerprint density at radius 3 is 2.43 bits per heavy atom. The number of carbonyl (C=O) groups excluding carboxylic acids is 1. The fourth-order valence-electron chi connectivity index (χ4n) is 4.30. The van der Waals surface area contributed by atoms with Crippen molar-refractivity contribution in [1.82, 2.24) is 9.55 Å². The van der Waals surface area contributed by atoms with E-state index in [1.807, 2.05) is 57.2 Å². The Balaban J connectivity index is 1.39. The number of benzene rings is 3. The molecule has 0 saturated heterocycles. The van der Waals surface area contributed by atoms with Crippen molar-refractivity contribution in [3.8, 4) is 22.9 Å². The van der Waals surface area contributed by atoms with Crippen molar-refractivity contribution in [1.29, 1.82) is 0 Å². The van der Waals surface area contributed by atoms with Crippen LogP contribution in [0.15, 0.2) is 66.7 Å². The number of aromatic nitrogens is 2. The summed E-state index contributed by atoms with van der Waals surface area (Å²) in [5, 5.41) is 10.6. The Morgan fingerprint density at radius 1 is 0.971 bits per heavy atom. The minimum absolute atomic E-state index is 0.0224. The zero-order valence-corrected chi connectivity index (χ0v) is 21.0. The number of nitrogens with zero attached hydrogens (tertiary/aromatic N) is 2. The largest absolute Gasteiger partial charge is 0.507 e. The van der Waals surface area contributed by atoms with Gasteiger partial charge < -0.3 is 14.4 Å². The smallest absolute Gasteiger partial charge is 0.167 e. The highest BCUT2D eigenvalue weighted by atomic mass is 16.5. The van der Waals surface area contributed by atoms with Gasteiger partial charge in [-0.15, -0.1) is 0 Å². The average Bonchev–Trinajstić information content (AvgIpc) is 3.19. The van der Waals surface area contributed by atoms with Crippen LogP contribution in [0, 0.1) is 12.3 Å². The molecule has 4 rings (SSSR count). The van der Waals surface area contributed by atoms with Crippen LogP contribution in [0.3, 0.4) is 0 Å². The molecule has 0 aliphatic rings. The number of hydrogen-bond donors (Lipinski definition) is 1. The van der Waals surface area contributed by atoms with Crippen molar-refractivity contribution < 1.29 is 14.6 Å². The van der Waals surface area contributed by atoms with Crippen LogP contribution in [0.5, 0.6) is 11.5 Å². The summed E-state index contributed by atoms with van der Waals surface area (Å²) in [4.78, 5) is 17.4. The first-order valence-corrected chi connectivity index (χ1v) is 12.2. The van der Waals surface area contributed by atoms with Gasteiger partial charge in [-0.05, 0) is 49.4 Å². The maximum atomic E-state index is 12.6. The van der Waals surface area contributed by atoms with E-state index in [2.05, 4.69) is 22.8 Å². The van der Waals surface area contributed by atoms with Gasteiger partial charge in [-0.25, -0.2) is 4.98 Å². The van der Waals surface area contributed by atoms with Crippen LogP contribution >= 0.6 is 0 Å². The second kappa shape index (κ2) is 10.3. The van der Waals surface area contributed by atoms with Gasteiger partial charge in [0.1, 0.15) is 17.3 Å². The van der Waals surface area contributed by atoms with Gasteiger partial charge in [0, 0.05) is 24.1 Å². The SMILES string of the molecule is Cc1c(OCCCCn2c(-c3ccccc3)nc3ccccc32)ccc(C(=O)CC(C)(C)C)c1O. The molecule has 5 heteroatoms. The van der Waals surface area contributed by atoms with Gasteiger partial charge in [-0.2, -0.15) is 0 Å². The monoisotopic (exact) mass is 470 g/mol. The number of aromatic hydroxyl groups is 1. The maximum absolute atomic E-state index is 12.6. The Bertz CT molecular complexity index is 1320. The highest BCUT2D eigenvalue weighted by Gasteiger charge is 2.21. The topological polar surface area (TPSA) is 64.4 Å². The second-order valence-corrected chi connectivity index (χ2v) is 10.2. The molecule has 1 aromatic heterocycles. The minimum atomic E-state index is -0.131. The van der Waals surface area contributed by atoms with E-state index >= 15 is 0 Å². The van der Waals surface area contributed by atoms with Crippen LogP contribution in [-0.4, -0.2) is 27.0 Å². The molecule has 4 aromatic rings. The number of ether oxygens (including phenoxy) is 1. The zero-order valence-electron chi connectivity index (χ0n) is 21.0. The molecule has 35 heavy (non-hydrogen) atoms. The molecule has 0 aliphatic carbocycles. The van der Waals surface area contributed by atoms with Crippen molar-refractivity contribution >= 4 is 16.8 Å². The molecule has 0 radical (unpaired) electrons. The van der Waals surface area contributed by atoms with Crippen LogP contribution in [-0.2, 0) is 6.54 Å². The number of rotatable bonds is 9. The lowest BCUT2D eigenvalue weighted by atomic mass is 9.87. The summed E-state index contributed by atoms with van der Waals surface area (Å²) >= 11 is 0. The third kappa shape index (κ3) is 5.73. The van der Waals surface area contributed by atoms with E-state index in [0.717, 1.165) is 41.8 Å². The molecule has 1 heterocycles. The van der Waals surface area contributed by atoms with E-state index in [1.54, 1.807) is 19.1 Å². The number of ketones is 1. The molecule has 0 amide bonds. The summed E-state index contributed by atoms with van der Waals surface area (Å²) in [7, 11) is 0. The number of aryl methyl sites for hydroxylation is 1. The number of hydrogen-bond acceptors (Lipinski definition) is 4. The van der Waals surface area contributed by atoms with Gasteiger partial charge in [0.05, 0.1) is 23.2 Å². The highest BCUT2D eigenvalue weighted by Crippen LogP contribution is 2.33.